The zero-order chi connectivity index (χ0) is 12.5. The van der Waals surface area contributed by atoms with Crippen LogP contribution in [0, 0.1) is 0 Å². The molecule has 0 amide bonds. The monoisotopic (exact) mass is 368 g/mol. The van der Waals surface area contributed by atoms with Gasteiger partial charge in [0.25, 0.3) is 0 Å². The van der Waals surface area contributed by atoms with Gasteiger partial charge in [-0.05, 0) is 26.3 Å². The van der Waals surface area contributed by atoms with Crippen LogP contribution in [0.5, 0.6) is 0 Å². The summed E-state index contributed by atoms with van der Waals surface area (Å²) in [5, 5.41) is 3.18. The molecule has 1 fully saturated rings. The van der Waals surface area contributed by atoms with Crippen LogP contribution in [0.25, 0.3) is 0 Å². The van der Waals surface area contributed by atoms with Crippen molar-refractivity contribution < 1.29 is 0 Å². The Balaban J connectivity index is 0.00000289. The maximum absolute atomic E-state index is 5.77. The van der Waals surface area contributed by atoms with Crippen LogP contribution in [0.1, 0.15) is 45.4 Å². The summed E-state index contributed by atoms with van der Waals surface area (Å²) < 4.78 is 0. The van der Waals surface area contributed by atoms with Gasteiger partial charge in [0.1, 0.15) is 0 Å². The van der Waals surface area contributed by atoms with Gasteiger partial charge < -0.3 is 16.0 Å². The quantitative estimate of drug-likeness (QED) is 0.314. The Labute approximate surface area is 129 Å². The summed E-state index contributed by atoms with van der Waals surface area (Å²) in [6, 6.07) is 0.787. The van der Waals surface area contributed by atoms with E-state index in [4.69, 9.17) is 5.73 Å². The predicted molar refractivity (Wildman–Crippen MR) is 89.7 cm³/mol. The molecule has 1 rings (SSSR count). The lowest BCUT2D eigenvalue weighted by Gasteiger charge is -2.23. The largest absolute Gasteiger partial charge is 0.370 e. The normalized spacial score (nSPS) is 16.9. The predicted octanol–water partition coefficient (Wildman–Crippen LogP) is 2.18. The topological polar surface area (TPSA) is 53.6 Å². The Hall–Kier alpha value is -0.0400. The van der Waals surface area contributed by atoms with Crippen molar-refractivity contribution >= 4 is 29.9 Å². The minimum Gasteiger partial charge on any atom is -0.370 e. The van der Waals surface area contributed by atoms with E-state index >= 15 is 0 Å². The number of nitrogens with two attached hydrogens (primary N) is 1. The van der Waals surface area contributed by atoms with Gasteiger partial charge in [-0.15, -0.1) is 24.0 Å². The number of nitrogens with one attached hydrogen (secondary N) is 1. The van der Waals surface area contributed by atoms with E-state index in [-0.39, 0.29) is 24.0 Å². The first-order chi connectivity index (χ1) is 8.24. The third-order valence-electron chi connectivity index (χ3n) is 3.51. The zero-order valence-corrected chi connectivity index (χ0v) is 14.2. The third-order valence-corrected chi connectivity index (χ3v) is 3.51. The molecule has 0 aromatic heterocycles. The second kappa shape index (κ2) is 10.8. The van der Waals surface area contributed by atoms with E-state index in [9.17, 15) is 0 Å². The van der Waals surface area contributed by atoms with Gasteiger partial charge in [0.15, 0.2) is 5.96 Å². The van der Waals surface area contributed by atoms with Crippen molar-refractivity contribution in [3.05, 3.63) is 0 Å². The van der Waals surface area contributed by atoms with Gasteiger partial charge in [-0.25, -0.2) is 0 Å². The number of guanidine groups is 1. The molecule has 5 heteroatoms. The number of halogens is 1. The molecule has 1 saturated carbocycles. The van der Waals surface area contributed by atoms with Gasteiger partial charge in [-0.2, -0.15) is 0 Å². The zero-order valence-electron chi connectivity index (χ0n) is 11.8. The SMILES string of the molecule is CCCCN=C(N)NCCN(C)C1CCCC1.I. The van der Waals surface area contributed by atoms with E-state index in [1.165, 1.54) is 32.1 Å². The lowest BCUT2D eigenvalue weighted by atomic mass is 10.2. The van der Waals surface area contributed by atoms with Crippen molar-refractivity contribution in [2.24, 2.45) is 10.7 Å². The van der Waals surface area contributed by atoms with Gasteiger partial charge in [0, 0.05) is 25.7 Å². The minimum atomic E-state index is 0. The van der Waals surface area contributed by atoms with Crippen LogP contribution in [-0.2, 0) is 0 Å². The van der Waals surface area contributed by atoms with Crippen LogP contribution < -0.4 is 11.1 Å². The molecule has 0 heterocycles. The van der Waals surface area contributed by atoms with Crippen molar-refractivity contribution in [3.63, 3.8) is 0 Å². The molecule has 18 heavy (non-hydrogen) atoms. The molecular weight excluding hydrogens is 339 g/mol. The van der Waals surface area contributed by atoms with E-state index in [1.807, 2.05) is 0 Å². The molecular formula is C13H29IN4. The van der Waals surface area contributed by atoms with Crippen molar-refractivity contribution in [2.75, 3.05) is 26.7 Å². The van der Waals surface area contributed by atoms with Gasteiger partial charge in [0.05, 0.1) is 0 Å². The number of nitrogens with zero attached hydrogens (tertiary/aromatic N) is 2. The van der Waals surface area contributed by atoms with Crippen molar-refractivity contribution in [2.45, 2.75) is 51.5 Å². The third kappa shape index (κ3) is 7.41. The summed E-state index contributed by atoms with van der Waals surface area (Å²) in [5.41, 5.74) is 5.77. The van der Waals surface area contributed by atoms with Crippen molar-refractivity contribution in [1.82, 2.24) is 10.2 Å². The summed E-state index contributed by atoms with van der Waals surface area (Å²) in [7, 11) is 2.21. The van der Waals surface area contributed by atoms with Gasteiger partial charge in [-0.3, -0.25) is 4.99 Å². The van der Waals surface area contributed by atoms with Gasteiger partial charge in [-0.1, -0.05) is 26.2 Å². The van der Waals surface area contributed by atoms with Crippen LogP contribution in [0.15, 0.2) is 4.99 Å². The molecule has 0 atom stereocenters. The maximum Gasteiger partial charge on any atom is 0.188 e. The number of rotatable bonds is 7. The van der Waals surface area contributed by atoms with Crippen LogP contribution in [-0.4, -0.2) is 43.6 Å². The highest BCUT2D eigenvalue weighted by Crippen LogP contribution is 2.21. The first kappa shape index (κ1) is 18.0. The molecule has 0 saturated heterocycles. The fraction of sp³-hybridized carbons (Fsp3) is 0.923. The first-order valence-electron chi connectivity index (χ1n) is 6.98. The van der Waals surface area contributed by atoms with E-state index in [1.54, 1.807) is 0 Å². The van der Waals surface area contributed by atoms with E-state index in [0.29, 0.717) is 5.96 Å². The lowest BCUT2D eigenvalue weighted by molar-refractivity contribution is 0.249. The first-order valence-corrected chi connectivity index (χ1v) is 6.98. The Morgan fingerprint density at radius 1 is 1.39 bits per heavy atom. The summed E-state index contributed by atoms with van der Waals surface area (Å²) in [6.45, 7) is 4.95. The Bertz CT molecular complexity index is 227. The highest BCUT2D eigenvalue weighted by Gasteiger charge is 2.18. The number of hydrogen-bond acceptors (Lipinski definition) is 2. The molecule has 0 bridgehead atoms. The van der Waals surface area contributed by atoms with Crippen molar-refractivity contribution in [3.8, 4) is 0 Å². The van der Waals surface area contributed by atoms with E-state index in [0.717, 1.165) is 32.1 Å². The second-order valence-corrected chi connectivity index (χ2v) is 4.97. The summed E-state index contributed by atoms with van der Waals surface area (Å²) in [4.78, 5) is 6.72. The van der Waals surface area contributed by atoms with Gasteiger partial charge in [0.2, 0.25) is 0 Å². The molecule has 0 aliphatic heterocycles. The molecule has 0 radical (unpaired) electrons. The number of likely N-dealkylation sites (N-methyl/N-ethyl adjacent to an activating group) is 1. The van der Waals surface area contributed by atoms with Crippen LogP contribution in [0.2, 0.25) is 0 Å². The van der Waals surface area contributed by atoms with Crippen molar-refractivity contribution in [1.29, 1.82) is 0 Å². The molecule has 0 aromatic carbocycles. The lowest BCUT2D eigenvalue weighted by Crippen LogP contribution is -2.40. The summed E-state index contributed by atoms with van der Waals surface area (Å²) in [6.07, 6.45) is 7.78. The molecule has 1 aliphatic carbocycles. The average Bonchev–Trinajstić information content (AvgIpc) is 2.82. The average molecular weight is 368 g/mol. The molecule has 3 N–H and O–H groups in total. The molecule has 108 valence electrons. The second-order valence-electron chi connectivity index (χ2n) is 4.97. The van der Waals surface area contributed by atoms with Gasteiger partial charge >= 0.3 is 0 Å². The molecule has 0 spiro atoms. The maximum atomic E-state index is 5.77. The van der Waals surface area contributed by atoms with E-state index < -0.39 is 0 Å². The minimum absolute atomic E-state index is 0. The molecule has 4 nitrogen and oxygen atoms in total. The number of aliphatic imine (C=N–C) groups is 1. The summed E-state index contributed by atoms with van der Waals surface area (Å²) >= 11 is 0. The smallest absolute Gasteiger partial charge is 0.188 e. The van der Waals surface area contributed by atoms with Crippen LogP contribution in [0.3, 0.4) is 0 Å². The van der Waals surface area contributed by atoms with Crippen LogP contribution in [0.4, 0.5) is 0 Å². The Kier molecular flexibility index (Phi) is 10.8. The Morgan fingerprint density at radius 3 is 2.67 bits per heavy atom. The highest BCUT2D eigenvalue weighted by atomic mass is 127. The fourth-order valence-electron chi connectivity index (χ4n) is 2.30. The number of hydrogen-bond donors (Lipinski definition) is 2. The molecule has 0 aromatic rings. The summed E-state index contributed by atoms with van der Waals surface area (Å²) in [5.74, 6) is 0.596. The Morgan fingerprint density at radius 2 is 2.06 bits per heavy atom. The molecule has 0 unspecified atom stereocenters. The fourth-order valence-corrected chi connectivity index (χ4v) is 2.30. The number of unbranched alkanes of at least 4 members (excludes halogenated alkanes) is 1. The highest BCUT2D eigenvalue weighted by molar-refractivity contribution is 14.0. The van der Waals surface area contributed by atoms with Crippen LogP contribution >= 0.6 is 24.0 Å². The van der Waals surface area contributed by atoms with E-state index in [2.05, 4.69) is 29.2 Å². The molecule has 1 aliphatic rings. The standard InChI is InChI=1S/C13H28N4.HI/c1-3-4-9-15-13(14)16-10-11-17(2)12-7-5-6-8-12;/h12H,3-11H2,1-2H3,(H3,14,15,16);1H.